The molecule has 3 nitrogen and oxygen atoms in total. The fourth-order valence-electron chi connectivity index (χ4n) is 3.57. The lowest BCUT2D eigenvalue weighted by Crippen LogP contribution is -1.95. The van der Waals surface area contributed by atoms with Gasteiger partial charge in [-0.05, 0) is 54.3 Å². The maximum atomic E-state index is 4.30. The Morgan fingerprint density at radius 2 is 0.829 bits per heavy atom. The van der Waals surface area contributed by atoms with Crippen molar-refractivity contribution in [2.24, 2.45) is 15.0 Å². The second kappa shape index (κ2) is 20.1. The summed E-state index contributed by atoms with van der Waals surface area (Å²) in [4.78, 5) is 12.5. The van der Waals surface area contributed by atoms with Gasteiger partial charge in [-0.3, -0.25) is 15.0 Å². The molecular formula is C38H41N3. The summed E-state index contributed by atoms with van der Waals surface area (Å²) in [5.41, 5.74) is 7.76. The van der Waals surface area contributed by atoms with E-state index >= 15 is 0 Å². The molecule has 0 spiro atoms. The number of rotatable bonds is 7. The Morgan fingerprint density at radius 3 is 1.20 bits per heavy atom. The molecule has 4 aromatic rings. The van der Waals surface area contributed by atoms with Crippen LogP contribution in [0.4, 0.5) is 0 Å². The SMILES string of the molecule is CC=CC(=NC)c1ccccc1.CN=C(C)C=Cc1ccccc1.CN=C(C=Cc1ccccc1)c1ccccc1. The fourth-order valence-corrected chi connectivity index (χ4v) is 3.57. The number of hydrogen-bond donors (Lipinski definition) is 0. The maximum Gasteiger partial charge on any atom is 0.0643 e. The molecule has 0 bridgehead atoms. The highest BCUT2D eigenvalue weighted by molar-refractivity contribution is 6.10. The van der Waals surface area contributed by atoms with Crippen LogP contribution in [0.5, 0.6) is 0 Å². The molecule has 3 heteroatoms. The first-order chi connectivity index (χ1) is 20.1. The molecule has 208 valence electrons. The van der Waals surface area contributed by atoms with Crippen LogP contribution in [0.2, 0.25) is 0 Å². The predicted octanol–water partition coefficient (Wildman–Crippen LogP) is 9.29. The molecule has 0 atom stereocenters. The van der Waals surface area contributed by atoms with Crippen LogP contribution in [0.25, 0.3) is 12.2 Å². The maximum absolute atomic E-state index is 4.30. The van der Waals surface area contributed by atoms with Crippen molar-refractivity contribution in [3.8, 4) is 0 Å². The average Bonchev–Trinajstić information content (AvgIpc) is 3.05. The number of hydrogen-bond acceptors (Lipinski definition) is 3. The van der Waals surface area contributed by atoms with Gasteiger partial charge in [0.25, 0.3) is 0 Å². The third kappa shape index (κ3) is 13.1. The standard InChI is InChI=1S/C16H15N.2C11H13N/c1-17-16(15-10-6-3-7-11-15)13-12-14-8-4-2-5-9-14;1-10(12-2)8-9-11-6-4-3-5-7-11;1-3-7-11(12-2)10-8-5-4-6-9-10/h2-13H,1H3;2*3-9H,1-2H3. The summed E-state index contributed by atoms with van der Waals surface area (Å²) in [5, 5.41) is 0. The third-order valence-electron chi connectivity index (χ3n) is 5.85. The van der Waals surface area contributed by atoms with E-state index in [2.05, 4.69) is 75.7 Å². The first-order valence-corrected chi connectivity index (χ1v) is 13.7. The monoisotopic (exact) mass is 539 g/mol. The van der Waals surface area contributed by atoms with Gasteiger partial charge in [-0.15, -0.1) is 0 Å². The van der Waals surface area contributed by atoms with E-state index in [0.717, 1.165) is 28.3 Å². The minimum absolute atomic E-state index is 0.995. The first-order valence-electron chi connectivity index (χ1n) is 13.7. The van der Waals surface area contributed by atoms with Crippen molar-refractivity contribution in [3.63, 3.8) is 0 Å². The van der Waals surface area contributed by atoms with Crippen LogP contribution in [-0.4, -0.2) is 38.3 Å². The van der Waals surface area contributed by atoms with Gasteiger partial charge in [0, 0.05) is 26.9 Å². The van der Waals surface area contributed by atoms with E-state index in [0.29, 0.717) is 0 Å². The van der Waals surface area contributed by atoms with Crippen molar-refractivity contribution in [2.45, 2.75) is 13.8 Å². The smallest absolute Gasteiger partial charge is 0.0643 e. The van der Waals surface area contributed by atoms with Gasteiger partial charge in [0.05, 0.1) is 11.4 Å². The quantitative estimate of drug-likeness (QED) is 0.210. The molecule has 4 aromatic carbocycles. The van der Waals surface area contributed by atoms with E-state index in [1.165, 1.54) is 11.1 Å². The van der Waals surface area contributed by atoms with E-state index in [1.54, 1.807) is 7.05 Å². The molecule has 0 aliphatic carbocycles. The Morgan fingerprint density at radius 1 is 0.463 bits per heavy atom. The van der Waals surface area contributed by atoms with Crippen LogP contribution in [0.15, 0.2) is 161 Å². The number of benzene rings is 4. The lowest BCUT2D eigenvalue weighted by atomic mass is 10.1. The third-order valence-corrected chi connectivity index (χ3v) is 5.85. The average molecular weight is 540 g/mol. The molecule has 0 heterocycles. The number of nitrogens with zero attached hydrogens (tertiary/aromatic N) is 3. The lowest BCUT2D eigenvalue weighted by molar-refractivity contribution is 1.43. The molecule has 0 N–H and O–H groups in total. The van der Waals surface area contributed by atoms with Crippen molar-refractivity contribution in [1.29, 1.82) is 0 Å². The lowest BCUT2D eigenvalue weighted by Gasteiger charge is -1.99. The van der Waals surface area contributed by atoms with Gasteiger partial charge in [0.15, 0.2) is 0 Å². The Kier molecular flexibility index (Phi) is 15.8. The van der Waals surface area contributed by atoms with Crippen molar-refractivity contribution >= 4 is 29.3 Å². The Balaban J connectivity index is 0.000000221. The Bertz CT molecular complexity index is 1430. The predicted molar refractivity (Wildman–Crippen MR) is 183 cm³/mol. The van der Waals surface area contributed by atoms with E-state index in [9.17, 15) is 0 Å². The molecule has 0 unspecified atom stereocenters. The highest BCUT2D eigenvalue weighted by atomic mass is 14.7. The second-order valence-electron chi connectivity index (χ2n) is 8.80. The normalized spacial score (nSPS) is 12.2. The highest BCUT2D eigenvalue weighted by Crippen LogP contribution is 2.06. The van der Waals surface area contributed by atoms with Crippen molar-refractivity contribution < 1.29 is 0 Å². The molecule has 0 saturated carbocycles. The van der Waals surface area contributed by atoms with E-state index in [1.807, 2.05) is 125 Å². The minimum Gasteiger partial charge on any atom is -0.293 e. The number of allylic oxidation sites excluding steroid dienone is 4. The van der Waals surface area contributed by atoms with Crippen molar-refractivity contribution in [2.75, 3.05) is 21.1 Å². The van der Waals surface area contributed by atoms with Gasteiger partial charge < -0.3 is 0 Å². The molecule has 4 rings (SSSR count). The molecule has 0 fully saturated rings. The van der Waals surface area contributed by atoms with Crippen molar-refractivity contribution in [1.82, 2.24) is 0 Å². The van der Waals surface area contributed by atoms with Gasteiger partial charge in [0.1, 0.15) is 0 Å². The molecule has 0 saturated heterocycles. The highest BCUT2D eigenvalue weighted by Gasteiger charge is 1.96. The van der Waals surface area contributed by atoms with Gasteiger partial charge in [-0.1, -0.05) is 140 Å². The second-order valence-corrected chi connectivity index (χ2v) is 8.80. The summed E-state index contributed by atoms with van der Waals surface area (Å²) in [6.45, 7) is 3.98. The Labute approximate surface area is 246 Å². The molecule has 0 aromatic heterocycles. The summed E-state index contributed by atoms with van der Waals surface area (Å²) >= 11 is 0. The summed E-state index contributed by atoms with van der Waals surface area (Å²) in [6, 6.07) is 40.8. The fraction of sp³-hybridized carbons (Fsp3) is 0.132. The van der Waals surface area contributed by atoms with E-state index < -0.39 is 0 Å². The van der Waals surface area contributed by atoms with E-state index in [4.69, 9.17) is 0 Å². The first kappa shape index (κ1) is 32.3. The minimum atomic E-state index is 0.995. The van der Waals surface area contributed by atoms with Crippen LogP contribution in [0.1, 0.15) is 36.1 Å². The molecule has 0 radical (unpaired) electrons. The number of aliphatic imine (C=N–C) groups is 3. The summed E-state index contributed by atoms with van der Waals surface area (Å²) in [5.74, 6) is 0. The summed E-state index contributed by atoms with van der Waals surface area (Å²) < 4.78 is 0. The largest absolute Gasteiger partial charge is 0.293 e. The molecule has 0 aliphatic rings. The van der Waals surface area contributed by atoms with E-state index in [-0.39, 0.29) is 0 Å². The van der Waals surface area contributed by atoms with Gasteiger partial charge in [0.2, 0.25) is 0 Å². The Hall–Kier alpha value is -4.89. The summed E-state index contributed by atoms with van der Waals surface area (Å²) in [6.07, 6.45) is 12.2. The zero-order chi connectivity index (χ0) is 29.5. The molecular weight excluding hydrogens is 498 g/mol. The van der Waals surface area contributed by atoms with Crippen LogP contribution < -0.4 is 0 Å². The molecule has 0 aliphatic heterocycles. The molecule has 0 amide bonds. The van der Waals surface area contributed by atoms with Gasteiger partial charge >= 0.3 is 0 Å². The van der Waals surface area contributed by atoms with Crippen LogP contribution in [-0.2, 0) is 0 Å². The van der Waals surface area contributed by atoms with Crippen molar-refractivity contribution in [3.05, 3.63) is 168 Å². The van der Waals surface area contributed by atoms with Gasteiger partial charge in [-0.2, -0.15) is 0 Å². The van der Waals surface area contributed by atoms with Crippen LogP contribution in [0, 0.1) is 0 Å². The van der Waals surface area contributed by atoms with Crippen LogP contribution in [0.3, 0.4) is 0 Å². The topological polar surface area (TPSA) is 37.1 Å². The zero-order valence-corrected chi connectivity index (χ0v) is 24.9. The summed E-state index contributed by atoms with van der Waals surface area (Å²) in [7, 11) is 5.42. The van der Waals surface area contributed by atoms with Gasteiger partial charge in [-0.25, -0.2) is 0 Å². The molecule has 41 heavy (non-hydrogen) atoms. The van der Waals surface area contributed by atoms with Crippen LogP contribution >= 0.6 is 0 Å². The zero-order valence-electron chi connectivity index (χ0n) is 24.9.